The summed E-state index contributed by atoms with van der Waals surface area (Å²) in [6.45, 7) is 3.63. The molecule has 0 spiro atoms. The number of rotatable bonds is 7. The molecule has 9 heteroatoms. The topological polar surface area (TPSA) is 106 Å². The predicted molar refractivity (Wildman–Crippen MR) is 113 cm³/mol. The number of likely N-dealkylation sites (tertiary alicyclic amines) is 1. The lowest BCUT2D eigenvalue weighted by Crippen LogP contribution is -2.46. The first-order valence-corrected chi connectivity index (χ1v) is 10.6. The minimum absolute atomic E-state index is 0.0534. The van der Waals surface area contributed by atoms with Crippen molar-refractivity contribution in [2.75, 3.05) is 13.1 Å². The van der Waals surface area contributed by atoms with Gasteiger partial charge in [0.2, 0.25) is 11.7 Å². The number of hydrogen-bond donors (Lipinski definition) is 1. The quantitative estimate of drug-likeness (QED) is 0.627. The minimum Gasteiger partial charge on any atom is -0.456 e. The van der Waals surface area contributed by atoms with Crippen LogP contribution in [0.25, 0.3) is 11.4 Å². The van der Waals surface area contributed by atoms with E-state index in [4.69, 9.17) is 4.42 Å². The lowest BCUT2D eigenvalue weighted by molar-refractivity contribution is -0.132. The fraction of sp³-hybridized carbons (Fsp3) is 0.409. The first-order chi connectivity index (χ1) is 15.1. The van der Waals surface area contributed by atoms with Gasteiger partial charge in [-0.1, -0.05) is 30.3 Å². The van der Waals surface area contributed by atoms with Crippen LogP contribution in [0.15, 0.2) is 46.9 Å². The second kappa shape index (κ2) is 9.55. The maximum absolute atomic E-state index is 12.5. The van der Waals surface area contributed by atoms with Gasteiger partial charge in [-0.15, -0.1) is 10.2 Å². The van der Waals surface area contributed by atoms with Crippen LogP contribution in [0, 0.1) is 6.92 Å². The third kappa shape index (κ3) is 5.36. The minimum atomic E-state index is -0.201. The largest absolute Gasteiger partial charge is 0.456 e. The average molecular weight is 422 g/mol. The summed E-state index contributed by atoms with van der Waals surface area (Å²) in [6.07, 6.45) is 2.56. The van der Waals surface area contributed by atoms with Crippen molar-refractivity contribution in [3.63, 3.8) is 0 Å². The van der Waals surface area contributed by atoms with E-state index in [0.29, 0.717) is 49.8 Å². The molecule has 1 aliphatic rings. The molecule has 3 aromatic rings. The number of benzene rings is 1. The molecule has 0 bridgehead atoms. The molecule has 3 heterocycles. The van der Waals surface area contributed by atoms with E-state index in [1.54, 1.807) is 12.1 Å². The first kappa shape index (κ1) is 20.8. The number of amides is 2. The lowest BCUT2D eigenvalue weighted by atomic mass is 10.0. The van der Waals surface area contributed by atoms with Gasteiger partial charge in [-0.2, -0.15) is 4.80 Å². The van der Waals surface area contributed by atoms with Crippen LogP contribution in [0.4, 0.5) is 0 Å². The Morgan fingerprint density at radius 1 is 1.13 bits per heavy atom. The van der Waals surface area contributed by atoms with Crippen LogP contribution >= 0.6 is 0 Å². The van der Waals surface area contributed by atoms with Crippen LogP contribution in [0.5, 0.6) is 0 Å². The number of nitrogens with zero attached hydrogens (tertiary/aromatic N) is 5. The third-order valence-corrected chi connectivity index (χ3v) is 5.38. The summed E-state index contributed by atoms with van der Waals surface area (Å²) in [5.41, 5.74) is 0.918. The fourth-order valence-electron chi connectivity index (χ4n) is 3.66. The molecular weight excluding hydrogens is 396 g/mol. The SMILES string of the molecule is Cc1ccc(C(=O)NC2CCN(C(=O)CCCn3nnc(-c4ccccc4)n3)CC2)o1. The number of carbonyl (C=O) groups excluding carboxylic acids is 2. The molecular formula is C22H26N6O3. The van der Waals surface area contributed by atoms with Gasteiger partial charge in [0.05, 0.1) is 6.54 Å². The summed E-state index contributed by atoms with van der Waals surface area (Å²) in [5, 5.41) is 15.5. The molecule has 0 unspecified atom stereocenters. The van der Waals surface area contributed by atoms with Crippen LogP contribution in [0.1, 0.15) is 42.0 Å². The zero-order chi connectivity index (χ0) is 21.6. The monoisotopic (exact) mass is 422 g/mol. The average Bonchev–Trinajstić information content (AvgIpc) is 3.44. The van der Waals surface area contributed by atoms with Crippen molar-refractivity contribution in [3.05, 3.63) is 54.0 Å². The summed E-state index contributed by atoms with van der Waals surface area (Å²) in [7, 11) is 0. The Morgan fingerprint density at radius 3 is 2.61 bits per heavy atom. The van der Waals surface area contributed by atoms with Crippen LogP contribution < -0.4 is 5.32 Å². The van der Waals surface area contributed by atoms with Gasteiger partial charge in [-0.3, -0.25) is 9.59 Å². The number of aryl methyl sites for hydroxylation is 2. The van der Waals surface area contributed by atoms with Gasteiger partial charge in [-0.25, -0.2) is 0 Å². The van der Waals surface area contributed by atoms with Gasteiger partial charge in [0.25, 0.3) is 5.91 Å². The Kier molecular flexibility index (Phi) is 6.40. The number of aromatic nitrogens is 4. The molecule has 1 fully saturated rings. The smallest absolute Gasteiger partial charge is 0.287 e. The Labute approximate surface area is 180 Å². The van der Waals surface area contributed by atoms with Crippen molar-refractivity contribution in [3.8, 4) is 11.4 Å². The van der Waals surface area contributed by atoms with Crippen LogP contribution in [0.2, 0.25) is 0 Å². The standard InChI is InChI=1S/C22H26N6O3/c1-16-9-10-19(31-16)22(30)23-18-11-14-27(15-12-18)20(29)8-5-13-28-25-21(24-26-28)17-6-3-2-4-7-17/h2-4,6-7,9-10,18H,5,8,11-15H2,1H3,(H,23,30). The van der Waals surface area contributed by atoms with E-state index < -0.39 is 0 Å². The summed E-state index contributed by atoms with van der Waals surface area (Å²) in [6, 6.07) is 13.2. The van der Waals surface area contributed by atoms with Crippen molar-refractivity contribution in [1.29, 1.82) is 0 Å². The third-order valence-electron chi connectivity index (χ3n) is 5.38. The Balaban J connectivity index is 1.17. The van der Waals surface area contributed by atoms with Gasteiger partial charge >= 0.3 is 0 Å². The van der Waals surface area contributed by atoms with Gasteiger partial charge in [0, 0.05) is 31.1 Å². The fourth-order valence-corrected chi connectivity index (χ4v) is 3.66. The number of hydrogen-bond acceptors (Lipinski definition) is 6. The molecule has 0 saturated carbocycles. The van der Waals surface area contributed by atoms with Gasteiger partial charge in [0.1, 0.15) is 5.76 Å². The van der Waals surface area contributed by atoms with Crippen molar-refractivity contribution < 1.29 is 14.0 Å². The van der Waals surface area contributed by atoms with E-state index in [1.165, 1.54) is 4.80 Å². The number of furan rings is 1. The molecule has 2 amide bonds. The van der Waals surface area contributed by atoms with E-state index >= 15 is 0 Å². The zero-order valence-corrected chi connectivity index (χ0v) is 17.5. The molecule has 1 aliphatic heterocycles. The highest BCUT2D eigenvalue weighted by molar-refractivity contribution is 5.91. The molecule has 1 saturated heterocycles. The summed E-state index contributed by atoms with van der Waals surface area (Å²) >= 11 is 0. The molecule has 0 radical (unpaired) electrons. The van der Waals surface area contributed by atoms with Gasteiger partial charge in [-0.05, 0) is 43.5 Å². The lowest BCUT2D eigenvalue weighted by Gasteiger charge is -2.32. The second-order valence-corrected chi connectivity index (χ2v) is 7.72. The maximum atomic E-state index is 12.5. The van der Waals surface area contributed by atoms with Crippen LogP contribution in [-0.4, -0.2) is 56.1 Å². The van der Waals surface area contributed by atoms with Gasteiger partial charge < -0.3 is 14.6 Å². The number of nitrogens with one attached hydrogen (secondary N) is 1. The molecule has 31 heavy (non-hydrogen) atoms. The molecule has 0 atom stereocenters. The summed E-state index contributed by atoms with van der Waals surface area (Å²) in [4.78, 5) is 28.1. The highest BCUT2D eigenvalue weighted by Gasteiger charge is 2.24. The second-order valence-electron chi connectivity index (χ2n) is 7.72. The van der Waals surface area contributed by atoms with Crippen molar-refractivity contribution in [2.24, 2.45) is 0 Å². The predicted octanol–water partition coefficient (Wildman–Crippen LogP) is 2.44. The Morgan fingerprint density at radius 2 is 1.90 bits per heavy atom. The molecule has 4 rings (SSSR count). The van der Waals surface area contributed by atoms with E-state index in [0.717, 1.165) is 18.4 Å². The number of carbonyl (C=O) groups is 2. The van der Waals surface area contributed by atoms with Crippen molar-refractivity contribution >= 4 is 11.8 Å². The molecule has 1 N–H and O–H groups in total. The van der Waals surface area contributed by atoms with E-state index in [-0.39, 0.29) is 17.9 Å². The highest BCUT2D eigenvalue weighted by atomic mass is 16.3. The summed E-state index contributed by atoms with van der Waals surface area (Å²) in [5.74, 6) is 1.54. The molecule has 0 aliphatic carbocycles. The van der Waals surface area contributed by atoms with Crippen LogP contribution in [0.3, 0.4) is 0 Å². The molecule has 9 nitrogen and oxygen atoms in total. The van der Waals surface area contributed by atoms with E-state index in [2.05, 4.69) is 20.7 Å². The van der Waals surface area contributed by atoms with Crippen molar-refractivity contribution in [2.45, 2.75) is 45.2 Å². The first-order valence-electron chi connectivity index (χ1n) is 10.6. The Bertz CT molecular complexity index is 1020. The highest BCUT2D eigenvalue weighted by Crippen LogP contribution is 2.15. The molecule has 1 aromatic carbocycles. The van der Waals surface area contributed by atoms with Gasteiger partial charge in [0.15, 0.2) is 5.76 Å². The number of tetrazole rings is 1. The van der Waals surface area contributed by atoms with Crippen molar-refractivity contribution in [1.82, 2.24) is 30.4 Å². The van der Waals surface area contributed by atoms with E-state index in [1.807, 2.05) is 42.2 Å². The maximum Gasteiger partial charge on any atom is 0.287 e. The normalized spacial score (nSPS) is 14.5. The molecule has 162 valence electrons. The van der Waals surface area contributed by atoms with E-state index in [9.17, 15) is 9.59 Å². The number of piperidine rings is 1. The van der Waals surface area contributed by atoms with Crippen LogP contribution in [-0.2, 0) is 11.3 Å². The summed E-state index contributed by atoms with van der Waals surface area (Å²) < 4.78 is 5.36. The Hall–Kier alpha value is -3.49. The molecule has 2 aromatic heterocycles. The zero-order valence-electron chi connectivity index (χ0n) is 17.5.